The molecule has 3 nitrogen and oxygen atoms in total. The monoisotopic (exact) mass is 187 g/mol. The largest absolute Gasteiger partial charge is 0.321 e. The summed E-state index contributed by atoms with van der Waals surface area (Å²) in [6, 6.07) is 7.77. The molecule has 1 fully saturated rings. The van der Waals surface area contributed by atoms with Crippen molar-refractivity contribution < 1.29 is 0 Å². The molecule has 0 aromatic carbocycles. The van der Waals surface area contributed by atoms with Gasteiger partial charge in [0, 0.05) is 6.20 Å². The summed E-state index contributed by atoms with van der Waals surface area (Å²) >= 11 is 0. The van der Waals surface area contributed by atoms with Crippen LogP contribution in [0.5, 0.6) is 0 Å². The van der Waals surface area contributed by atoms with Gasteiger partial charge in [0.15, 0.2) is 0 Å². The van der Waals surface area contributed by atoms with Gasteiger partial charge >= 0.3 is 0 Å². The number of rotatable bonds is 2. The Kier molecular flexibility index (Phi) is 2.22. The van der Waals surface area contributed by atoms with Crippen LogP contribution in [0.4, 0.5) is 0 Å². The lowest BCUT2D eigenvalue weighted by Crippen LogP contribution is -2.39. The van der Waals surface area contributed by atoms with E-state index < -0.39 is 0 Å². The Labute approximate surface area is 83.6 Å². The van der Waals surface area contributed by atoms with E-state index in [2.05, 4.69) is 11.1 Å². The highest BCUT2D eigenvalue weighted by molar-refractivity contribution is 5.20. The fraction of sp³-hybridized carbons (Fsp3) is 0.455. The molecule has 1 unspecified atom stereocenters. The van der Waals surface area contributed by atoms with Gasteiger partial charge in [-0.05, 0) is 25.0 Å². The third-order valence-electron chi connectivity index (χ3n) is 3.07. The molecule has 1 atom stereocenters. The molecule has 1 saturated carbocycles. The van der Waals surface area contributed by atoms with Crippen molar-refractivity contribution in [1.29, 1.82) is 5.26 Å². The van der Waals surface area contributed by atoms with Crippen LogP contribution in [-0.2, 0) is 0 Å². The molecule has 14 heavy (non-hydrogen) atoms. The standard InChI is InChI=1S/C11H13N3/c12-8-11(5-3-6-11)10(13)9-4-1-2-7-14-9/h1-2,4,7,10H,3,5-6,13H2. The molecule has 72 valence electrons. The number of nitrogens with zero attached hydrogens (tertiary/aromatic N) is 2. The zero-order chi connectivity index (χ0) is 10.0. The van der Waals surface area contributed by atoms with Crippen molar-refractivity contribution >= 4 is 0 Å². The summed E-state index contributed by atoms with van der Waals surface area (Å²) in [4.78, 5) is 4.20. The third-order valence-corrected chi connectivity index (χ3v) is 3.07. The lowest BCUT2D eigenvalue weighted by atomic mass is 9.64. The highest BCUT2D eigenvalue weighted by Gasteiger charge is 2.44. The summed E-state index contributed by atoms with van der Waals surface area (Å²) in [7, 11) is 0. The van der Waals surface area contributed by atoms with Crippen LogP contribution >= 0.6 is 0 Å². The molecular formula is C11H13N3. The smallest absolute Gasteiger partial charge is 0.0781 e. The first-order valence-electron chi connectivity index (χ1n) is 4.86. The van der Waals surface area contributed by atoms with Crippen LogP contribution in [-0.4, -0.2) is 4.98 Å². The minimum Gasteiger partial charge on any atom is -0.321 e. The van der Waals surface area contributed by atoms with Gasteiger partial charge in [0.25, 0.3) is 0 Å². The van der Waals surface area contributed by atoms with Gasteiger partial charge in [-0.2, -0.15) is 5.26 Å². The predicted octanol–water partition coefficient (Wildman–Crippen LogP) is 1.78. The Morgan fingerprint density at radius 2 is 2.29 bits per heavy atom. The number of hydrogen-bond acceptors (Lipinski definition) is 3. The van der Waals surface area contributed by atoms with Crippen LogP contribution in [0.25, 0.3) is 0 Å². The molecule has 1 aliphatic rings. The molecule has 3 heteroatoms. The first kappa shape index (κ1) is 9.17. The van der Waals surface area contributed by atoms with Crippen molar-refractivity contribution in [2.24, 2.45) is 11.1 Å². The van der Waals surface area contributed by atoms with Gasteiger partial charge < -0.3 is 5.73 Å². The Balaban J connectivity index is 2.24. The maximum absolute atomic E-state index is 9.11. The summed E-state index contributed by atoms with van der Waals surface area (Å²) in [5.41, 5.74) is 6.54. The molecule has 0 bridgehead atoms. The normalized spacial score (nSPS) is 20.6. The number of nitrogens with two attached hydrogens (primary N) is 1. The molecule has 0 aliphatic heterocycles. The summed E-state index contributed by atoms with van der Waals surface area (Å²) in [6.45, 7) is 0. The van der Waals surface area contributed by atoms with Gasteiger partial charge in [0.05, 0.1) is 23.2 Å². The average molecular weight is 187 g/mol. The van der Waals surface area contributed by atoms with E-state index in [0.717, 1.165) is 25.0 Å². The van der Waals surface area contributed by atoms with Crippen molar-refractivity contribution in [2.75, 3.05) is 0 Å². The van der Waals surface area contributed by atoms with E-state index in [9.17, 15) is 0 Å². The maximum atomic E-state index is 9.11. The van der Waals surface area contributed by atoms with Gasteiger partial charge in [0.1, 0.15) is 0 Å². The van der Waals surface area contributed by atoms with Gasteiger partial charge in [0.2, 0.25) is 0 Å². The fourth-order valence-electron chi connectivity index (χ4n) is 1.89. The Morgan fingerprint density at radius 3 is 2.71 bits per heavy atom. The molecule has 2 N–H and O–H groups in total. The second-order valence-electron chi connectivity index (χ2n) is 3.85. The number of pyridine rings is 1. The minimum absolute atomic E-state index is 0.234. The summed E-state index contributed by atoms with van der Waals surface area (Å²) in [5, 5.41) is 9.11. The summed E-state index contributed by atoms with van der Waals surface area (Å²) in [5.74, 6) is 0. The minimum atomic E-state index is -0.353. The van der Waals surface area contributed by atoms with E-state index in [1.54, 1.807) is 6.20 Å². The highest BCUT2D eigenvalue weighted by Crippen LogP contribution is 2.47. The van der Waals surface area contributed by atoms with Crippen LogP contribution in [0.15, 0.2) is 24.4 Å². The molecule has 1 aromatic rings. The van der Waals surface area contributed by atoms with Gasteiger partial charge in [-0.25, -0.2) is 0 Å². The molecule has 2 rings (SSSR count). The van der Waals surface area contributed by atoms with E-state index in [1.807, 2.05) is 18.2 Å². The fourth-order valence-corrected chi connectivity index (χ4v) is 1.89. The van der Waals surface area contributed by atoms with Crippen LogP contribution in [0.2, 0.25) is 0 Å². The Hall–Kier alpha value is -1.40. The molecule has 1 aliphatic carbocycles. The van der Waals surface area contributed by atoms with Crippen molar-refractivity contribution in [3.63, 3.8) is 0 Å². The van der Waals surface area contributed by atoms with E-state index in [1.165, 1.54) is 0 Å². The van der Waals surface area contributed by atoms with Crippen LogP contribution in [0, 0.1) is 16.7 Å². The van der Waals surface area contributed by atoms with E-state index in [0.29, 0.717) is 0 Å². The third kappa shape index (κ3) is 1.28. The van der Waals surface area contributed by atoms with Crippen molar-refractivity contribution in [3.8, 4) is 6.07 Å². The lowest BCUT2D eigenvalue weighted by Gasteiger charge is -2.39. The Morgan fingerprint density at radius 1 is 1.50 bits per heavy atom. The van der Waals surface area contributed by atoms with Gasteiger partial charge in [-0.15, -0.1) is 0 Å². The SMILES string of the molecule is N#CC1(C(N)c2ccccn2)CCC1. The zero-order valence-electron chi connectivity index (χ0n) is 7.98. The highest BCUT2D eigenvalue weighted by atomic mass is 14.8. The first-order valence-corrected chi connectivity index (χ1v) is 4.86. The van der Waals surface area contributed by atoms with Crippen LogP contribution in [0.3, 0.4) is 0 Å². The molecule has 1 aromatic heterocycles. The summed E-state index contributed by atoms with van der Waals surface area (Å²) in [6.07, 6.45) is 4.63. The van der Waals surface area contributed by atoms with Crippen molar-refractivity contribution in [1.82, 2.24) is 4.98 Å². The molecule has 0 spiro atoms. The van der Waals surface area contributed by atoms with Crippen LogP contribution in [0.1, 0.15) is 31.0 Å². The molecule has 0 amide bonds. The molecule has 0 saturated heterocycles. The predicted molar refractivity (Wildman–Crippen MR) is 53.1 cm³/mol. The van der Waals surface area contributed by atoms with Crippen molar-refractivity contribution in [3.05, 3.63) is 30.1 Å². The molecule has 0 radical (unpaired) electrons. The Bertz CT molecular complexity index is 349. The maximum Gasteiger partial charge on any atom is 0.0781 e. The zero-order valence-corrected chi connectivity index (χ0v) is 7.98. The second kappa shape index (κ2) is 3.39. The molecular weight excluding hydrogens is 174 g/mol. The lowest BCUT2D eigenvalue weighted by molar-refractivity contribution is 0.166. The van der Waals surface area contributed by atoms with E-state index >= 15 is 0 Å². The average Bonchev–Trinajstić information content (AvgIpc) is 2.18. The first-order chi connectivity index (χ1) is 6.78. The van der Waals surface area contributed by atoms with Crippen LogP contribution < -0.4 is 5.73 Å². The topological polar surface area (TPSA) is 62.7 Å². The quantitative estimate of drug-likeness (QED) is 0.767. The van der Waals surface area contributed by atoms with Gasteiger partial charge in [-0.3, -0.25) is 4.98 Å². The molecule has 1 heterocycles. The number of hydrogen-bond donors (Lipinski definition) is 1. The number of aromatic nitrogens is 1. The van der Waals surface area contributed by atoms with Gasteiger partial charge in [-0.1, -0.05) is 12.5 Å². The van der Waals surface area contributed by atoms with Crippen molar-refractivity contribution in [2.45, 2.75) is 25.3 Å². The number of nitriles is 1. The second-order valence-corrected chi connectivity index (χ2v) is 3.85. The summed E-state index contributed by atoms with van der Waals surface area (Å²) < 4.78 is 0. The van der Waals surface area contributed by atoms with E-state index in [-0.39, 0.29) is 11.5 Å². The van der Waals surface area contributed by atoms with E-state index in [4.69, 9.17) is 11.0 Å².